The highest BCUT2D eigenvalue weighted by atomic mass is 79.9. The molecule has 0 atom stereocenters. The minimum atomic E-state index is 0.994. The highest BCUT2D eigenvalue weighted by Gasteiger charge is 2.12. The van der Waals surface area contributed by atoms with Gasteiger partial charge in [-0.15, -0.1) is 0 Å². The van der Waals surface area contributed by atoms with Crippen LogP contribution in [0, 0.1) is 0 Å². The Hall–Kier alpha value is -1.15. The molecule has 1 aromatic carbocycles. The van der Waals surface area contributed by atoms with Crippen LogP contribution in [-0.4, -0.2) is 0 Å². The zero-order valence-electron chi connectivity index (χ0n) is 7.50. The molecule has 1 aliphatic heterocycles. The van der Waals surface area contributed by atoms with Crippen LogP contribution in [0.4, 0.5) is 0 Å². The van der Waals surface area contributed by atoms with E-state index in [2.05, 4.69) is 51.3 Å². The van der Waals surface area contributed by atoms with Crippen LogP contribution in [0.25, 0.3) is 5.57 Å². The van der Waals surface area contributed by atoms with Gasteiger partial charge in [0.15, 0.2) is 0 Å². The molecule has 0 saturated heterocycles. The molecule has 0 spiro atoms. The molecular weight excluding hydrogens is 238 g/mol. The molecule has 1 aliphatic carbocycles. The summed E-state index contributed by atoms with van der Waals surface area (Å²) in [6.07, 6.45) is 7.50. The topological polar surface area (TPSA) is 12.4 Å². The zero-order valence-corrected chi connectivity index (χ0v) is 9.08. The van der Waals surface area contributed by atoms with Crippen molar-refractivity contribution in [3.8, 4) is 0 Å². The first kappa shape index (κ1) is 8.18. The maximum atomic E-state index is 4.60. The molecule has 68 valence electrons. The minimum Gasteiger partial charge on any atom is -0.247 e. The van der Waals surface area contributed by atoms with Crippen LogP contribution in [0.2, 0.25) is 0 Å². The Morgan fingerprint density at radius 1 is 1.29 bits per heavy atom. The fourth-order valence-corrected chi connectivity index (χ4v) is 2.32. The van der Waals surface area contributed by atoms with Gasteiger partial charge in [-0.1, -0.05) is 30.4 Å². The van der Waals surface area contributed by atoms with Crippen LogP contribution in [0.3, 0.4) is 0 Å². The SMILES string of the molecule is Brc1cccc2c1=NC1=CCC=CC=21. The van der Waals surface area contributed by atoms with Crippen LogP contribution in [0.5, 0.6) is 0 Å². The molecule has 0 radical (unpaired) electrons. The molecule has 0 fully saturated rings. The standard InChI is InChI=1S/C12H8BrN/c13-10-6-3-5-9-8-4-1-2-7-11(8)14-12(9)10/h1,3-7H,2H2. The predicted molar refractivity (Wildman–Crippen MR) is 60.2 cm³/mol. The van der Waals surface area contributed by atoms with Gasteiger partial charge in [0.25, 0.3) is 0 Å². The van der Waals surface area contributed by atoms with Crippen molar-refractivity contribution in [3.05, 3.63) is 57.2 Å². The van der Waals surface area contributed by atoms with Gasteiger partial charge in [0.05, 0.1) is 11.1 Å². The van der Waals surface area contributed by atoms with Crippen LogP contribution in [0.1, 0.15) is 6.42 Å². The second-order valence-corrected chi connectivity index (χ2v) is 4.24. The number of rotatable bonds is 0. The van der Waals surface area contributed by atoms with Crippen molar-refractivity contribution >= 4 is 21.5 Å². The predicted octanol–water partition coefficient (Wildman–Crippen LogP) is 2.08. The summed E-state index contributed by atoms with van der Waals surface area (Å²) in [4.78, 5) is 4.60. The Kier molecular flexibility index (Phi) is 1.71. The average Bonchev–Trinajstić information content (AvgIpc) is 2.59. The van der Waals surface area contributed by atoms with Crippen LogP contribution in [0.15, 0.2) is 51.6 Å². The molecule has 0 amide bonds. The van der Waals surface area contributed by atoms with E-state index in [1.807, 2.05) is 6.07 Å². The van der Waals surface area contributed by atoms with E-state index in [9.17, 15) is 0 Å². The Balaban J connectivity index is 2.51. The molecule has 1 heterocycles. The van der Waals surface area contributed by atoms with Crippen molar-refractivity contribution in [2.24, 2.45) is 4.99 Å². The molecule has 0 N–H and O–H groups in total. The first-order valence-electron chi connectivity index (χ1n) is 4.61. The summed E-state index contributed by atoms with van der Waals surface area (Å²) >= 11 is 3.52. The average molecular weight is 246 g/mol. The van der Waals surface area contributed by atoms with Crippen molar-refractivity contribution in [1.82, 2.24) is 0 Å². The molecule has 2 heteroatoms. The zero-order chi connectivity index (χ0) is 9.54. The van der Waals surface area contributed by atoms with Crippen molar-refractivity contribution in [3.63, 3.8) is 0 Å². The second-order valence-electron chi connectivity index (χ2n) is 3.39. The van der Waals surface area contributed by atoms with Gasteiger partial charge in [-0.2, -0.15) is 0 Å². The summed E-state index contributed by atoms with van der Waals surface area (Å²) in [5.41, 5.74) is 2.38. The highest BCUT2D eigenvalue weighted by molar-refractivity contribution is 9.10. The molecule has 0 saturated carbocycles. The number of fused-ring (bicyclic) bond motifs is 2. The number of benzene rings is 1. The van der Waals surface area contributed by atoms with Gasteiger partial charge in [0, 0.05) is 15.3 Å². The summed E-state index contributed by atoms with van der Waals surface area (Å²) in [5, 5.41) is 2.31. The highest BCUT2D eigenvalue weighted by Crippen LogP contribution is 2.21. The summed E-state index contributed by atoms with van der Waals surface area (Å²) < 4.78 is 1.08. The quantitative estimate of drug-likeness (QED) is 0.664. The number of halogens is 1. The fourth-order valence-electron chi connectivity index (χ4n) is 1.86. The van der Waals surface area contributed by atoms with E-state index in [4.69, 9.17) is 0 Å². The molecular formula is C12H8BrN. The van der Waals surface area contributed by atoms with Gasteiger partial charge in [-0.05, 0) is 28.4 Å². The lowest BCUT2D eigenvalue weighted by Gasteiger charge is -2.01. The number of hydrogen-bond donors (Lipinski definition) is 0. The van der Waals surface area contributed by atoms with E-state index >= 15 is 0 Å². The van der Waals surface area contributed by atoms with Gasteiger partial charge in [-0.3, -0.25) is 0 Å². The van der Waals surface area contributed by atoms with Gasteiger partial charge < -0.3 is 0 Å². The molecule has 0 aromatic heterocycles. The Morgan fingerprint density at radius 2 is 2.21 bits per heavy atom. The molecule has 0 unspecified atom stereocenters. The van der Waals surface area contributed by atoms with E-state index in [-0.39, 0.29) is 0 Å². The van der Waals surface area contributed by atoms with Crippen molar-refractivity contribution in [2.45, 2.75) is 6.42 Å². The van der Waals surface area contributed by atoms with Gasteiger partial charge >= 0.3 is 0 Å². The number of allylic oxidation sites excluding steroid dienone is 3. The van der Waals surface area contributed by atoms with Crippen molar-refractivity contribution in [2.75, 3.05) is 0 Å². The Labute approximate surface area is 90.3 Å². The van der Waals surface area contributed by atoms with Gasteiger partial charge in [0.1, 0.15) is 0 Å². The summed E-state index contributed by atoms with van der Waals surface area (Å²) in [5.74, 6) is 0. The Bertz CT molecular complexity index is 579. The van der Waals surface area contributed by atoms with E-state index in [1.54, 1.807) is 0 Å². The minimum absolute atomic E-state index is 0.994. The maximum Gasteiger partial charge on any atom is 0.0858 e. The fraction of sp³-hybridized carbons (Fsp3) is 0.0833. The van der Waals surface area contributed by atoms with Crippen LogP contribution in [-0.2, 0) is 0 Å². The van der Waals surface area contributed by atoms with E-state index in [1.165, 1.54) is 10.8 Å². The summed E-state index contributed by atoms with van der Waals surface area (Å²) in [6.45, 7) is 0. The molecule has 0 bridgehead atoms. The normalized spacial score (nSPS) is 17.2. The molecule has 1 aromatic rings. The number of para-hydroxylation sites is 1. The largest absolute Gasteiger partial charge is 0.247 e. The van der Waals surface area contributed by atoms with Crippen LogP contribution < -0.4 is 10.6 Å². The number of nitrogens with zero attached hydrogens (tertiary/aromatic N) is 1. The first-order chi connectivity index (χ1) is 6.86. The molecule has 1 nitrogen and oxygen atoms in total. The number of hydrogen-bond acceptors (Lipinski definition) is 1. The first-order valence-corrected chi connectivity index (χ1v) is 5.40. The Morgan fingerprint density at radius 3 is 3.14 bits per heavy atom. The second kappa shape index (κ2) is 2.92. The van der Waals surface area contributed by atoms with E-state index in [0.29, 0.717) is 0 Å². The van der Waals surface area contributed by atoms with E-state index < -0.39 is 0 Å². The lowest BCUT2D eigenvalue weighted by Crippen LogP contribution is -2.23. The monoisotopic (exact) mass is 245 g/mol. The lowest BCUT2D eigenvalue weighted by molar-refractivity contribution is 1.24. The summed E-state index contributed by atoms with van der Waals surface area (Å²) in [7, 11) is 0. The van der Waals surface area contributed by atoms with Gasteiger partial charge in [0.2, 0.25) is 0 Å². The third kappa shape index (κ3) is 1.04. The maximum absolute atomic E-state index is 4.60. The van der Waals surface area contributed by atoms with Crippen molar-refractivity contribution in [1.29, 1.82) is 0 Å². The molecule has 2 aliphatic rings. The third-order valence-corrected chi connectivity index (χ3v) is 3.16. The van der Waals surface area contributed by atoms with Crippen molar-refractivity contribution < 1.29 is 0 Å². The summed E-state index contributed by atoms with van der Waals surface area (Å²) in [6, 6.07) is 6.21. The third-order valence-electron chi connectivity index (χ3n) is 2.52. The molecule has 14 heavy (non-hydrogen) atoms. The van der Waals surface area contributed by atoms with Gasteiger partial charge in [-0.25, -0.2) is 4.99 Å². The lowest BCUT2D eigenvalue weighted by atomic mass is 10.1. The smallest absolute Gasteiger partial charge is 0.0858 e. The molecule has 3 rings (SSSR count). The van der Waals surface area contributed by atoms with Crippen LogP contribution >= 0.6 is 15.9 Å². The van der Waals surface area contributed by atoms with E-state index in [0.717, 1.165) is 21.9 Å².